The number of fused-ring (bicyclic) bond motifs is 11. The van der Waals surface area contributed by atoms with Crippen LogP contribution >= 0.6 is 11.3 Å². The fraction of sp³-hybridized carbons (Fsp3) is 0. The van der Waals surface area contributed by atoms with E-state index in [1.165, 1.54) is 20.2 Å². The molecule has 0 unspecified atom stereocenters. The van der Waals surface area contributed by atoms with Gasteiger partial charge in [0.05, 0.1) is 32.5 Å². The molecule has 0 aliphatic heterocycles. The maximum atomic E-state index is 6.18. The van der Waals surface area contributed by atoms with Gasteiger partial charge in [0.2, 0.25) is 5.71 Å². The Kier molecular flexibility index (Phi) is 4.54. The lowest BCUT2D eigenvalue weighted by Gasteiger charge is -2.10. The van der Waals surface area contributed by atoms with Crippen molar-refractivity contribution in [3.05, 3.63) is 121 Å². The Balaban J connectivity index is 1.14. The number of aromatic nitrogens is 4. The van der Waals surface area contributed by atoms with Gasteiger partial charge in [-0.25, -0.2) is 15.0 Å². The minimum Gasteiger partial charge on any atom is -0.436 e. The molecule has 0 aliphatic carbocycles. The van der Waals surface area contributed by atoms with Crippen molar-refractivity contribution in [1.82, 2.24) is 19.4 Å². The van der Waals surface area contributed by atoms with Crippen molar-refractivity contribution in [1.29, 1.82) is 0 Å². The number of rotatable bonds is 2. The van der Waals surface area contributed by atoms with Crippen molar-refractivity contribution in [3.63, 3.8) is 0 Å². The predicted molar refractivity (Wildman–Crippen MR) is 177 cm³/mol. The Morgan fingerprint density at radius 1 is 0.558 bits per heavy atom. The monoisotopic (exact) mass is 568 g/mol. The number of pyridine rings is 1. The first-order chi connectivity index (χ1) is 21.3. The maximum Gasteiger partial charge on any atom is 0.246 e. The summed E-state index contributed by atoms with van der Waals surface area (Å²) in [7, 11) is 0. The number of benzene rings is 5. The Bertz CT molecular complexity index is 2730. The summed E-state index contributed by atoms with van der Waals surface area (Å²) in [5.41, 5.74) is 11.4. The van der Waals surface area contributed by atoms with E-state index < -0.39 is 0 Å². The first-order valence-corrected chi connectivity index (χ1v) is 15.0. The summed E-state index contributed by atoms with van der Waals surface area (Å²) in [6.07, 6.45) is 0. The molecule has 10 aromatic rings. The van der Waals surface area contributed by atoms with Crippen LogP contribution in [0.25, 0.3) is 92.5 Å². The fourth-order valence-corrected chi connectivity index (χ4v) is 7.52. The van der Waals surface area contributed by atoms with E-state index in [2.05, 4.69) is 101 Å². The number of furan rings is 1. The van der Waals surface area contributed by atoms with E-state index in [9.17, 15) is 0 Å². The number of nitrogens with zero attached hydrogens (tertiary/aromatic N) is 4. The van der Waals surface area contributed by atoms with Gasteiger partial charge in [0, 0.05) is 20.9 Å². The van der Waals surface area contributed by atoms with Crippen molar-refractivity contribution in [2.75, 3.05) is 0 Å². The minimum absolute atomic E-state index is 0.564. The van der Waals surface area contributed by atoms with Gasteiger partial charge in [-0.05, 0) is 65.2 Å². The molecular weight excluding hydrogens is 549 g/mol. The molecule has 0 aliphatic rings. The zero-order valence-corrected chi connectivity index (χ0v) is 23.5. The van der Waals surface area contributed by atoms with Crippen LogP contribution in [-0.4, -0.2) is 19.4 Å². The molecule has 0 bridgehead atoms. The van der Waals surface area contributed by atoms with Crippen LogP contribution in [0, 0.1) is 0 Å². The van der Waals surface area contributed by atoms with E-state index in [-0.39, 0.29) is 0 Å². The number of hydrogen-bond acceptors (Lipinski definition) is 5. The largest absolute Gasteiger partial charge is 0.436 e. The second-order valence-corrected chi connectivity index (χ2v) is 11.9. The second kappa shape index (κ2) is 8.47. The highest BCUT2D eigenvalue weighted by Crippen LogP contribution is 2.41. The lowest BCUT2D eigenvalue weighted by molar-refractivity contribution is 0.655. The molecule has 0 fully saturated rings. The summed E-state index contributed by atoms with van der Waals surface area (Å²) < 4.78 is 11.0. The highest BCUT2D eigenvalue weighted by atomic mass is 32.1. The highest BCUT2D eigenvalue weighted by Gasteiger charge is 2.18. The number of imidazole rings is 1. The number of hydrogen-bond donors (Lipinski definition) is 0. The summed E-state index contributed by atoms with van der Waals surface area (Å²) >= 11 is 1.81. The van der Waals surface area contributed by atoms with Crippen LogP contribution in [0.15, 0.2) is 126 Å². The molecule has 0 amide bonds. The first-order valence-electron chi connectivity index (χ1n) is 14.2. The standard InChI is InChI=1S/C37H20N4OS/c1-6-12-33-24(7-1)26-20-31(41-30-11-5-4-10-29(30)39-36(41)35(26)43-33)22-15-13-21(14-16-22)23-17-18-25-32(19-23)42-37-34(25)38-27-8-2-3-9-28(27)40-37/h1-20H. The van der Waals surface area contributed by atoms with Gasteiger partial charge in [-0.1, -0.05) is 72.8 Å². The van der Waals surface area contributed by atoms with Crippen LogP contribution in [-0.2, 0) is 0 Å². The third-order valence-electron chi connectivity index (χ3n) is 8.42. The summed E-state index contributed by atoms with van der Waals surface area (Å²) in [6, 6.07) is 42.3. The van der Waals surface area contributed by atoms with Gasteiger partial charge in [-0.3, -0.25) is 4.40 Å². The summed E-state index contributed by atoms with van der Waals surface area (Å²) in [4.78, 5) is 14.6. The number of thiophene rings is 1. The van der Waals surface area contributed by atoms with E-state index in [4.69, 9.17) is 19.4 Å². The van der Waals surface area contributed by atoms with E-state index in [1.807, 2.05) is 35.6 Å². The normalized spacial score (nSPS) is 12.2. The van der Waals surface area contributed by atoms with Gasteiger partial charge in [0.15, 0.2) is 5.65 Å². The molecule has 43 heavy (non-hydrogen) atoms. The Labute approximate surface area is 248 Å². The van der Waals surface area contributed by atoms with Crippen molar-refractivity contribution in [2.24, 2.45) is 0 Å². The van der Waals surface area contributed by atoms with Crippen LogP contribution < -0.4 is 0 Å². The topological polar surface area (TPSA) is 56.2 Å². The first kappa shape index (κ1) is 23.0. The third kappa shape index (κ3) is 3.29. The molecule has 5 aromatic heterocycles. The molecular formula is C37H20N4OS. The fourth-order valence-electron chi connectivity index (χ4n) is 6.36. The van der Waals surface area contributed by atoms with E-state index in [0.29, 0.717) is 5.71 Å². The van der Waals surface area contributed by atoms with E-state index in [1.54, 1.807) is 0 Å². The van der Waals surface area contributed by atoms with Crippen LogP contribution in [0.2, 0.25) is 0 Å². The average molecular weight is 569 g/mol. The van der Waals surface area contributed by atoms with Gasteiger partial charge in [0.1, 0.15) is 11.1 Å². The van der Waals surface area contributed by atoms with Crippen LogP contribution in [0.3, 0.4) is 0 Å². The van der Waals surface area contributed by atoms with Crippen molar-refractivity contribution in [3.8, 4) is 22.4 Å². The maximum absolute atomic E-state index is 6.18. The Morgan fingerprint density at radius 3 is 2.16 bits per heavy atom. The van der Waals surface area contributed by atoms with Crippen LogP contribution in [0.5, 0.6) is 0 Å². The lowest BCUT2D eigenvalue weighted by Crippen LogP contribution is -1.93. The van der Waals surface area contributed by atoms with Crippen molar-refractivity contribution >= 4 is 81.4 Å². The zero-order chi connectivity index (χ0) is 28.1. The third-order valence-corrected chi connectivity index (χ3v) is 9.60. The molecule has 0 radical (unpaired) electrons. The van der Waals surface area contributed by atoms with Gasteiger partial charge in [0.25, 0.3) is 0 Å². The van der Waals surface area contributed by atoms with Gasteiger partial charge in [-0.15, -0.1) is 11.3 Å². The summed E-state index contributed by atoms with van der Waals surface area (Å²) in [5.74, 6) is 0. The molecule has 5 heterocycles. The van der Waals surface area contributed by atoms with Crippen LogP contribution in [0.4, 0.5) is 0 Å². The molecule has 0 spiro atoms. The van der Waals surface area contributed by atoms with Gasteiger partial charge in [-0.2, -0.15) is 0 Å². The quantitative estimate of drug-likeness (QED) is 0.208. The predicted octanol–water partition coefficient (Wildman–Crippen LogP) is 10.0. The molecule has 0 saturated carbocycles. The summed E-state index contributed by atoms with van der Waals surface area (Å²) in [5, 5.41) is 3.48. The van der Waals surface area contributed by atoms with Gasteiger partial charge < -0.3 is 4.42 Å². The van der Waals surface area contributed by atoms with Crippen molar-refractivity contribution < 1.29 is 4.42 Å². The summed E-state index contributed by atoms with van der Waals surface area (Å²) in [6.45, 7) is 0. The second-order valence-electron chi connectivity index (χ2n) is 10.9. The molecule has 5 nitrogen and oxygen atoms in total. The van der Waals surface area contributed by atoms with E-state index in [0.717, 1.165) is 66.6 Å². The Morgan fingerprint density at radius 2 is 1.28 bits per heavy atom. The molecule has 0 saturated heterocycles. The minimum atomic E-state index is 0.564. The Hall–Kier alpha value is -5.59. The molecule has 5 aromatic carbocycles. The SMILES string of the molecule is c1ccc2nc3c(nc2c1)oc1cc(-c2ccc(-c4cc5c6ccccc6sc5c5nc6ccccc6n45)cc2)ccc13. The smallest absolute Gasteiger partial charge is 0.246 e. The van der Waals surface area contributed by atoms with Crippen molar-refractivity contribution in [2.45, 2.75) is 0 Å². The zero-order valence-electron chi connectivity index (χ0n) is 22.7. The molecule has 0 N–H and O–H groups in total. The molecule has 200 valence electrons. The lowest BCUT2D eigenvalue weighted by atomic mass is 10.0. The highest BCUT2D eigenvalue weighted by molar-refractivity contribution is 7.26. The molecule has 10 rings (SSSR count). The molecule has 6 heteroatoms. The van der Waals surface area contributed by atoms with E-state index >= 15 is 0 Å². The number of para-hydroxylation sites is 4. The average Bonchev–Trinajstić information content (AvgIpc) is 3.74. The van der Waals surface area contributed by atoms with Gasteiger partial charge >= 0.3 is 0 Å². The molecule has 0 atom stereocenters. The van der Waals surface area contributed by atoms with Crippen LogP contribution in [0.1, 0.15) is 0 Å².